The number of hydrogen-bond donors (Lipinski definition) is 0. The third-order valence-corrected chi connectivity index (χ3v) is 6.37. The molecule has 0 amide bonds. The van der Waals surface area contributed by atoms with Gasteiger partial charge in [-0.05, 0) is 25.3 Å². The van der Waals surface area contributed by atoms with E-state index >= 15 is 0 Å². The fourth-order valence-corrected chi connectivity index (χ4v) is 4.99. The highest BCUT2D eigenvalue weighted by Crippen LogP contribution is 2.61. The predicted octanol–water partition coefficient (Wildman–Crippen LogP) is 2.05. The monoisotopic (exact) mass is 266 g/mol. The molecule has 1 spiro atoms. The third kappa shape index (κ3) is 1.55. The number of aryl methyl sites for hydroxylation is 1. The molecule has 1 aromatic carbocycles. The molecule has 98 valence electrons. The third-order valence-electron chi connectivity index (χ3n) is 4.43. The smallest absolute Gasteiger partial charge is 0.157 e. The van der Waals surface area contributed by atoms with Crippen molar-refractivity contribution in [3.63, 3.8) is 0 Å². The minimum Gasteiger partial charge on any atom is -0.380 e. The van der Waals surface area contributed by atoms with Gasteiger partial charge in [-0.15, -0.1) is 0 Å². The molecule has 1 saturated heterocycles. The van der Waals surface area contributed by atoms with Crippen LogP contribution in [0.4, 0.5) is 0 Å². The Morgan fingerprint density at radius 1 is 1.11 bits per heavy atom. The number of benzene rings is 1. The molecule has 1 saturated carbocycles. The first kappa shape index (κ1) is 12.2. The largest absolute Gasteiger partial charge is 0.380 e. The summed E-state index contributed by atoms with van der Waals surface area (Å²) in [6.45, 7) is 3.45. The first-order valence-corrected chi connectivity index (χ1v) is 8.11. The average Bonchev–Trinajstić information content (AvgIpc) is 2.14. The molecule has 1 aliphatic heterocycles. The van der Waals surface area contributed by atoms with Crippen LogP contribution < -0.4 is 0 Å². The van der Waals surface area contributed by atoms with Gasteiger partial charge in [-0.25, -0.2) is 8.42 Å². The summed E-state index contributed by atoms with van der Waals surface area (Å²) >= 11 is 0. The first-order valence-electron chi connectivity index (χ1n) is 6.22. The molecule has 1 heterocycles. The minimum atomic E-state index is -3.10. The van der Waals surface area contributed by atoms with E-state index in [2.05, 4.69) is 0 Å². The molecule has 0 radical (unpaired) electrons. The van der Waals surface area contributed by atoms with Gasteiger partial charge in [0.25, 0.3) is 0 Å². The Morgan fingerprint density at radius 3 is 2.06 bits per heavy atom. The van der Waals surface area contributed by atoms with Crippen LogP contribution >= 0.6 is 0 Å². The van der Waals surface area contributed by atoms with Gasteiger partial charge in [0.05, 0.1) is 18.0 Å². The van der Waals surface area contributed by atoms with Crippen LogP contribution in [0, 0.1) is 12.3 Å². The molecule has 4 heteroatoms. The molecule has 2 aliphatic rings. The summed E-state index contributed by atoms with van der Waals surface area (Å²) in [5.74, 6) is 0. The Balaban J connectivity index is 2.00. The van der Waals surface area contributed by atoms with Gasteiger partial charge in [0.1, 0.15) is 0 Å². The topological polar surface area (TPSA) is 43.4 Å². The van der Waals surface area contributed by atoms with Crippen molar-refractivity contribution >= 4 is 9.84 Å². The van der Waals surface area contributed by atoms with Crippen molar-refractivity contribution in [3.8, 4) is 0 Å². The van der Waals surface area contributed by atoms with Gasteiger partial charge in [-0.2, -0.15) is 0 Å². The van der Waals surface area contributed by atoms with Crippen LogP contribution in [0.25, 0.3) is 0 Å². The second-order valence-corrected chi connectivity index (χ2v) is 8.30. The zero-order valence-electron chi connectivity index (χ0n) is 10.8. The maximum absolute atomic E-state index is 12.2. The van der Waals surface area contributed by atoms with Crippen LogP contribution in [-0.4, -0.2) is 27.9 Å². The van der Waals surface area contributed by atoms with E-state index in [1.807, 2.05) is 31.2 Å². The van der Waals surface area contributed by atoms with Crippen molar-refractivity contribution in [2.75, 3.05) is 19.5 Å². The van der Waals surface area contributed by atoms with E-state index < -0.39 is 14.6 Å². The highest BCUT2D eigenvalue weighted by Gasteiger charge is 2.63. The molecule has 1 aliphatic carbocycles. The van der Waals surface area contributed by atoms with Crippen LogP contribution in [0.5, 0.6) is 0 Å². The number of rotatable bonds is 2. The standard InChI is InChI=1S/C14H18O3S/c1-11-3-5-12(6-4-11)14(18(2,15)16)7-13(8-14)9-17-10-13/h3-6H,7-10H2,1-2H3. The van der Waals surface area contributed by atoms with Gasteiger partial charge >= 0.3 is 0 Å². The molecular formula is C14H18O3S. The van der Waals surface area contributed by atoms with E-state index in [1.54, 1.807) is 0 Å². The van der Waals surface area contributed by atoms with Crippen molar-refractivity contribution < 1.29 is 13.2 Å². The van der Waals surface area contributed by atoms with E-state index in [0.717, 1.165) is 24.3 Å². The lowest BCUT2D eigenvalue weighted by Gasteiger charge is -2.59. The van der Waals surface area contributed by atoms with Crippen LogP contribution in [0.1, 0.15) is 24.0 Å². The Hall–Kier alpha value is -0.870. The Labute approximate surface area is 108 Å². The van der Waals surface area contributed by atoms with Crippen molar-refractivity contribution in [3.05, 3.63) is 35.4 Å². The predicted molar refractivity (Wildman–Crippen MR) is 70.2 cm³/mol. The van der Waals surface area contributed by atoms with E-state index in [1.165, 1.54) is 6.26 Å². The summed E-state index contributed by atoms with van der Waals surface area (Å²) in [5.41, 5.74) is 2.23. The Kier molecular flexibility index (Phi) is 2.42. The molecule has 0 unspecified atom stereocenters. The molecule has 2 fully saturated rings. The van der Waals surface area contributed by atoms with Gasteiger partial charge in [0.15, 0.2) is 9.84 Å². The van der Waals surface area contributed by atoms with Crippen molar-refractivity contribution in [2.24, 2.45) is 5.41 Å². The summed E-state index contributed by atoms with van der Waals surface area (Å²) in [4.78, 5) is 0. The van der Waals surface area contributed by atoms with E-state index in [0.29, 0.717) is 12.8 Å². The minimum absolute atomic E-state index is 0.133. The molecule has 1 aromatic rings. The normalized spacial score (nSPS) is 24.3. The molecule has 0 N–H and O–H groups in total. The Bertz CT molecular complexity index is 560. The van der Waals surface area contributed by atoms with Gasteiger partial charge in [-0.3, -0.25) is 0 Å². The highest BCUT2D eigenvalue weighted by atomic mass is 32.2. The van der Waals surface area contributed by atoms with Gasteiger partial charge in [-0.1, -0.05) is 29.8 Å². The fraction of sp³-hybridized carbons (Fsp3) is 0.571. The van der Waals surface area contributed by atoms with E-state index in [-0.39, 0.29) is 5.41 Å². The van der Waals surface area contributed by atoms with Gasteiger partial charge in [0, 0.05) is 11.7 Å². The summed E-state index contributed by atoms with van der Waals surface area (Å²) in [7, 11) is -3.10. The van der Waals surface area contributed by atoms with Crippen molar-refractivity contribution in [1.82, 2.24) is 0 Å². The van der Waals surface area contributed by atoms with Crippen LogP contribution in [0.15, 0.2) is 24.3 Å². The van der Waals surface area contributed by atoms with Crippen LogP contribution in [0.3, 0.4) is 0 Å². The zero-order chi connectivity index (χ0) is 13.0. The lowest BCUT2D eigenvalue weighted by atomic mass is 9.58. The molecule has 0 bridgehead atoms. The van der Waals surface area contributed by atoms with Crippen molar-refractivity contribution in [2.45, 2.75) is 24.5 Å². The molecule has 0 aromatic heterocycles. The maximum Gasteiger partial charge on any atom is 0.157 e. The van der Waals surface area contributed by atoms with Crippen molar-refractivity contribution in [1.29, 1.82) is 0 Å². The first-order chi connectivity index (χ1) is 8.37. The van der Waals surface area contributed by atoms with E-state index in [4.69, 9.17) is 4.74 Å². The quantitative estimate of drug-likeness (QED) is 0.823. The molecule has 0 atom stereocenters. The molecular weight excluding hydrogens is 248 g/mol. The summed E-state index contributed by atoms with van der Waals surface area (Å²) in [6, 6.07) is 7.90. The number of hydrogen-bond acceptors (Lipinski definition) is 3. The lowest BCUT2D eigenvalue weighted by Crippen LogP contribution is -2.62. The number of sulfone groups is 1. The molecule has 18 heavy (non-hydrogen) atoms. The van der Waals surface area contributed by atoms with Gasteiger partial charge in [0.2, 0.25) is 0 Å². The van der Waals surface area contributed by atoms with E-state index in [9.17, 15) is 8.42 Å². The average molecular weight is 266 g/mol. The van der Waals surface area contributed by atoms with Crippen LogP contribution in [0.2, 0.25) is 0 Å². The lowest BCUT2D eigenvalue weighted by molar-refractivity contribution is -0.172. The highest BCUT2D eigenvalue weighted by molar-refractivity contribution is 7.91. The molecule has 3 rings (SSSR count). The fourth-order valence-electron chi connectivity index (χ4n) is 3.29. The summed E-state index contributed by atoms with van der Waals surface area (Å²) in [5, 5.41) is 0. The number of ether oxygens (including phenoxy) is 1. The Morgan fingerprint density at radius 2 is 1.67 bits per heavy atom. The SMILES string of the molecule is Cc1ccc(C2(S(C)(=O)=O)CC3(COC3)C2)cc1. The zero-order valence-corrected chi connectivity index (χ0v) is 11.6. The maximum atomic E-state index is 12.2. The second-order valence-electron chi connectivity index (χ2n) is 5.98. The molecule has 3 nitrogen and oxygen atoms in total. The van der Waals surface area contributed by atoms with Crippen LogP contribution in [-0.2, 0) is 19.3 Å². The second kappa shape index (κ2) is 3.58. The summed E-state index contributed by atoms with van der Waals surface area (Å²) in [6.07, 6.45) is 2.78. The summed E-state index contributed by atoms with van der Waals surface area (Å²) < 4.78 is 29.0. The van der Waals surface area contributed by atoms with Gasteiger partial charge < -0.3 is 4.74 Å².